The summed E-state index contributed by atoms with van der Waals surface area (Å²) in [7, 11) is 1.38. The maximum atomic E-state index is 10.9. The summed E-state index contributed by atoms with van der Waals surface area (Å²) in [6.45, 7) is 2.06. The van der Waals surface area contributed by atoms with Crippen molar-refractivity contribution in [3.63, 3.8) is 0 Å². The van der Waals surface area contributed by atoms with Gasteiger partial charge in [0.2, 0.25) is 5.91 Å². The molecule has 0 aromatic rings. The van der Waals surface area contributed by atoms with E-state index in [1.165, 1.54) is 7.05 Å². The van der Waals surface area contributed by atoms with Crippen LogP contribution in [0, 0.1) is 4.91 Å². The molecule has 0 atom stereocenters. The molecule has 0 spiro atoms. The molecule has 0 N–H and O–H groups in total. The number of hydrogen-bond donors (Lipinski definition) is 0. The van der Waals surface area contributed by atoms with Gasteiger partial charge in [0.1, 0.15) is 0 Å². The average molecular weight is 158 g/mol. The highest BCUT2D eigenvalue weighted by molar-refractivity contribution is 5.75. The van der Waals surface area contributed by atoms with Gasteiger partial charge >= 0.3 is 0 Å². The zero-order chi connectivity index (χ0) is 8.69. The van der Waals surface area contributed by atoms with Gasteiger partial charge in [-0.05, 0) is 6.42 Å². The first-order valence-corrected chi connectivity index (χ1v) is 3.82. The number of amides is 1. The number of nitroso groups, excluding NO2 is 1. The van der Waals surface area contributed by atoms with E-state index in [1.807, 2.05) is 0 Å². The molecule has 0 fully saturated rings. The summed E-state index contributed by atoms with van der Waals surface area (Å²) >= 11 is 0. The third-order valence-electron chi connectivity index (χ3n) is 1.48. The third kappa shape index (κ3) is 4.47. The Morgan fingerprint density at radius 1 is 1.45 bits per heavy atom. The highest BCUT2D eigenvalue weighted by Gasteiger charge is 2.06. The Morgan fingerprint density at radius 2 is 2.09 bits per heavy atom. The van der Waals surface area contributed by atoms with Crippen LogP contribution in [0.5, 0.6) is 0 Å². The molecule has 0 rings (SSSR count). The number of unbranched alkanes of at least 4 members (excludes halogenated alkanes) is 2. The summed E-state index contributed by atoms with van der Waals surface area (Å²) in [6, 6.07) is 0. The van der Waals surface area contributed by atoms with Crippen LogP contribution >= 0.6 is 0 Å². The predicted molar refractivity (Wildman–Crippen MR) is 42.7 cm³/mol. The van der Waals surface area contributed by atoms with Gasteiger partial charge in [-0.1, -0.05) is 19.8 Å². The molecule has 0 aliphatic carbocycles. The second kappa shape index (κ2) is 5.82. The summed E-state index contributed by atoms with van der Waals surface area (Å²) in [4.78, 5) is 20.7. The van der Waals surface area contributed by atoms with Crippen molar-refractivity contribution in [1.29, 1.82) is 0 Å². The zero-order valence-corrected chi connectivity index (χ0v) is 7.04. The fourth-order valence-corrected chi connectivity index (χ4v) is 0.734. The van der Waals surface area contributed by atoms with Crippen LogP contribution in [0.3, 0.4) is 0 Å². The molecule has 0 aromatic heterocycles. The molecule has 0 aliphatic heterocycles. The Hall–Kier alpha value is -0.930. The summed E-state index contributed by atoms with van der Waals surface area (Å²) in [5, 5.41) is 3.34. The molecule has 0 saturated heterocycles. The Morgan fingerprint density at radius 3 is 2.55 bits per heavy atom. The van der Waals surface area contributed by atoms with E-state index < -0.39 is 0 Å². The van der Waals surface area contributed by atoms with Gasteiger partial charge in [-0.25, -0.2) is 5.01 Å². The first kappa shape index (κ1) is 10.1. The molecule has 0 aliphatic rings. The van der Waals surface area contributed by atoms with Gasteiger partial charge in [-0.3, -0.25) is 4.79 Å². The van der Waals surface area contributed by atoms with E-state index in [2.05, 4.69) is 12.2 Å². The highest BCUT2D eigenvalue weighted by atomic mass is 16.3. The van der Waals surface area contributed by atoms with E-state index in [1.54, 1.807) is 0 Å². The van der Waals surface area contributed by atoms with Crippen LogP contribution in [0.2, 0.25) is 0 Å². The van der Waals surface area contributed by atoms with Crippen molar-refractivity contribution in [3.8, 4) is 0 Å². The average Bonchev–Trinajstić information content (AvgIpc) is 2.03. The van der Waals surface area contributed by atoms with E-state index >= 15 is 0 Å². The van der Waals surface area contributed by atoms with Crippen LogP contribution in [0.4, 0.5) is 0 Å². The van der Waals surface area contributed by atoms with Crippen molar-refractivity contribution < 1.29 is 4.79 Å². The van der Waals surface area contributed by atoms with Gasteiger partial charge in [-0.2, -0.15) is 0 Å². The van der Waals surface area contributed by atoms with Crippen molar-refractivity contribution >= 4 is 5.91 Å². The number of carbonyl (C=O) groups excluding carboxylic acids is 1. The second-order valence-corrected chi connectivity index (χ2v) is 2.46. The van der Waals surface area contributed by atoms with Crippen molar-refractivity contribution in [2.75, 3.05) is 7.05 Å². The smallest absolute Gasteiger partial charge is 0.244 e. The minimum Gasteiger partial charge on any atom is -0.273 e. The number of nitrogens with zero attached hydrogens (tertiary/aromatic N) is 2. The summed E-state index contributed by atoms with van der Waals surface area (Å²) in [6.07, 6.45) is 3.37. The minimum absolute atomic E-state index is 0.201. The normalized spacial score (nSPS) is 9.27. The van der Waals surface area contributed by atoms with Gasteiger partial charge < -0.3 is 0 Å². The van der Waals surface area contributed by atoms with Crippen molar-refractivity contribution in [2.24, 2.45) is 5.29 Å². The Bertz CT molecular complexity index is 136. The Labute approximate surface area is 66.5 Å². The molecule has 64 valence electrons. The van der Waals surface area contributed by atoms with Crippen molar-refractivity contribution in [2.45, 2.75) is 32.6 Å². The monoisotopic (exact) mass is 158 g/mol. The molecule has 0 bridgehead atoms. The predicted octanol–water partition coefficient (Wildman–Crippen LogP) is 1.71. The van der Waals surface area contributed by atoms with Crippen LogP contribution < -0.4 is 0 Å². The lowest BCUT2D eigenvalue weighted by molar-refractivity contribution is -0.130. The molecule has 0 unspecified atom stereocenters. The molecule has 0 aromatic carbocycles. The van der Waals surface area contributed by atoms with Crippen molar-refractivity contribution in [3.05, 3.63) is 4.91 Å². The van der Waals surface area contributed by atoms with Crippen LogP contribution in [0.1, 0.15) is 32.6 Å². The summed E-state index contributed by atoms with van der Waals surface area (Å²) < 4.78 is 0. The quantitative estimate of drug-likeness (QED) is 0.347. The topological polar surface area (TPSA) is 49.7 Å². The fraction of sp³-hybridized carbons (Fsp3) is 0.857. The molecule has 1 amide bonds. The first-order chi connectivity index (χ1) is 5.22. The number of rotatable bonds is 5. The standard InChI is InChI=1S/C7H14N2O2/c1-3-4-5-6-7(10)9(2)8-11/h3-6H2,1-2H3. The molecule has 0 radical (unpaired) electrons. The molecule has 0 heterocycles. The molecule has 11 heavy (non-hydrogen) atoms. The van der Waals surface area contributed by atoms with E-state index in [0.29, 0.717) is 6.42 Å². The van der Waals surface area contributed by atoms with E-state index in [4.69, 9.17) is 0 Å². The zero-order valence-electron chi connectivity index (χ0n) is 7.04. The Balaban J connectivity index is 3.44. The molecular formula is C7H14N2O2. The Kier molecular flexibility index (Phi) is 5.33. The lowest BCUT2D eigenvalue weighted by Crippen LogP contribution is -2.19. The number of carbonyl (C=O) groups is 1. The van der Waals surface area contributed by atoms with Crippen LogP contribution in [0.15, 0.2) is 5.29 Å². The lowest BCUT2D eigenvalue weighted by atomic mass is 10.2. The van der Waals surface area contributed by atoms with E-state index in [0.717, 1.165) is 24.3 Å². The van der Waals surface area contributed by atoms with Crippen LogP contribution in [0.25, 0.3) is 0 Å². The molecule has 0 saturated carbocycles. The van der Waals surface area contributed by atoms with Gasteiger partial charge in [0.15, 0.2) is 0 Å². The van der Waals surface area contributed by atoms with Crippen LogP contribution in [-0.4, -0.2) is 18.0 Å². The molecule has 4 heteroatoms. The van der Waals surface area contributed by atoms with Crippen LogP contribution in [-0.2, 0) is 4.79 Å². The summed E-state index contributed by atoms with van der Waals surface area (Å²) in [5.41, 5.74) is 0. The lowest BCUT2D eigenvalue weighted by Gasteiger charge is -2.04. The third-order valence-corrected chi connectivity index (χ3v) is 1.48. The maximum absolute atomic E-state index is 10.9. The largest absolute Gasteiger partial charge is 0.273 e. The second-order valence-electron chi connectivity index (χ2n) is 2.46. The molecular weight excluding hydrogens is 144 g/mol. The van der Waals surface area contributed by atoms with E-state index in [9.17, 15) is 9.70 Å². The maximum Gasteiger partial charge on any atom is 0.244 e. The fourth-order valence-electron chi connectivity index (χ4n) is 0.734. The summed E-state index contributed by atoms with van der Waals surface area (Å²) in [5.74, 6) is -0.201. The first-order valence-electron chi connectivity index (χ1n) is 3.82. The minimum atomic E-state index is -0.201. The SMILES string of the molecule is CCCCCC(=O)N(C)N=O. The van der Waals surface area contributed by atoms with Crippen molar-refractivity contribution in [1.82, 2.24) is 5.01 Å². The highest BCUT2D eigenvalue weighted by Crippen LogP contribution is 2.01. The van der Waals surface area contributed by atoms with Gasteiger partial charge in [-0.15, -0.1) is 4.91 Å². The van der Waals surface area contributed by atoms with Gasteiger partial charge in [0, 0.05) is 13.5 Å². The van der Waals surface area contributed by atoms with Gasteiger partial charge in [0.25, 0.3) is 0 Å². The van der Waals surface area contributed by atoms with E-state index in [-0.39, 0.29) is 5.91 Å². The molecule has 4 nitrogen and oxygen atoms in total. The van der Waals surface area contributed by atoms with Gasteiger partial charge in [0.05, 0.1) is 5.29 Å². The number of hydrogen-bond acceptors (Lipinski definition) is 3.